The fourth-order valence-electron chi connectivity index (χ4n) is 3.79. The minimum Gasteiger partial charge on any atom is -0.497 e. The summed E-state index contributed by atoms with van der Waals surface area (Å²) in [4.78, 5) is 24.3. The molecule has 0 spiro atoms. The van der Waals surface area contributed by atoms with E-state index in [1.807, 2.05) is 24.3 Å². The van der Waals surface area contributed by atoms with Crippen molar-refractivity contribution in [3.8, 4) is 17.1 Å². The Labute approximate surface area is 171 Å². The van der Waals surface area contributed by atoms with Crippen molar-refractivity contribution in [2.24, 2.45) is 0 Å². The summed E-state index contributed by atoms with van der Waals surface area (Å²) in [5.41, 5.74) is 1.99. The monoisotopic (exact) mass is 408 g/mol. The van der Waals surface area contributed by atoms with Crippen molar-refractivity contribution in [3.63, 3.8) is 0 Å². The Kier molecular flexibility index (Phi) is 4.63. The summed E-state index contributed by atoms with van der Waals surface area (Å²) in [5.74, 6) is 1.62. The van der Waals surface area contributed by atoms with Gasteiger partial charge in [0.1, 0.15) is 17.1 Å². The SMILES string of the molecule is COc1ccc(-c2noc(Cn3cnc4sc5c(c4c3=O)CCCCC5)n2)cc1. The molecule has 1 aliphatic carbocycles. The average Bonchev–Trinajstić information content (AvgIpc) is 3.28. The van der Waals surface area contributed by atoms with Crippen LogP contribution >= 0.6 is 11.3 Å². The molecule has 0 saturated carbocycles. The highest BCUT2D eigenvalue weighted by molar-refractivity contribution is 7.18. The van der Waals surface area contributed by atoms with Crippen LogP contribution < -0.4 is 10.3 Å². The minimum atomic E-state index is -0.0291. The average molecular weight is 408 g/mol. The van der Waals surface area contributed by atoms with Crippen LogP contribution in [0.4, 0.5) is 0 Å². The number of methoxy groups -OCH3 is 1. The molecule has 0 fully saturated rings. The third-order valence-electron chi connectivity index (χ3n) is 5.31. The van der Waals surface area contributed by atoms with Gasteiger partial charge in [-0.2, -0.15) is 4.98 Å². The molecule has 1 aliphatic rings. The predicted octanol–water partition coefficient (Wildman–Crippen LogP) is 3.83. The molecule has 0 aliphatic heterocycles. The Balaban J connectivity index is 1.46. The molecule has 0 radical (unpaired) electrons. The molecule has 1 aromatic carbocycles. The molecule has 4 aromatic rings. The van der Waals surface area contributed by atoms with Crippen LogP contribution in [0.15, 0.2) is 39.9 Å². The first-order valence-electron chi connectivity index (χ1n) is 9.69. The second kappa shape index (κ2) is 7.44. The maximum atomic E-state index is 13.2. The van der Waals surface area contributed by atoms with Crippen molar-refractivity contribution in [2.75, 3.05) is 7.11 Å². The highest BCUT2D eigenvalue weighted by atomic mass is 32.1. The summed E-state index contributed by atoms with van der Waals surface area (Å²) in [5, 5.41) is 4.81. The van der Waals surface area contributed by atoms with Gasteiger partial charge in [0.25, 0.3) is 5.56 Å². The maximum Gasteiger partial charge on any atom is 0.262 e. The summed E-state index contributed by atoms with van der Waals surface area (Å²) in [7, 11) is 1.62. The van der Waals surface area contributed by atoms with E-state index >= 15 is 0 Å². The van der Waals surface area contributed by atoms with Gasteiger partial charge in [-0.05, 0) is 55.5 Å². The number of hydrogen-bond acceptors (Lipinski definition) is 7. The molecule has 29 heavy (non-hydrogen) atoms. The van der Waals surface area contributed by atoms with E-state index in [9.17, 15) is 4.79 Å². The number of benzene rings is 1. The van der Waals surface area contributed by atoms with Gasteiger partial charge < -0.3 is 9.26 Å². The van der Waals surface area contributed by atoms with Crippen LogP contribution in [0.25, 0.3) is 21.6 Å². The smallest absolute Gasteiger partial charge is 0.262 e. The zero-order valence-corrected chi connectivity index (χ0v) is 16.9. The van der Waals surface area contributed by atoms with Crippen LogP contribution in [0, 0.1) is 0 Å². The molecule has 5 rings (SSSR count). The van der Waals surface area contributed by atoms with Crippen molar-refractivity contribution >= 4 is 21.6 Å². The molecule has 3 heterocycles. The lowest BCUT2D eigenvalue weighted by molar-refractivity contribution is 0.369. The quantitative estimate of drug-likeness (QED) is 0.477. The van der Waals surface area contributed by atoms with Crippen LogP contribution in [0.2, 0.25) is 0 Å². The molecular weight excluding hydrogens is 388 g/mol. The summed E-state index contributed by atoms with van der Waals surface area (Å²) >= 11 is 1.66. The van der Waals surface area contributed by atoms with E-state index in [-0.39, 0.29) is 12.1 Å². The van der Waals surface area contributed by atoms with Gasteiger partial charge in [-0.25, -0.2) is 4.98 Å². The molecular formula is C21H20N4O3S. The third-order valence-corrected chi connectivity index (χ3v) is 6.51. The first-order chi connectivity index (χ1) is 14.2. The van der Waals surface area contributed by atoms with Crippen molar-refractivity contribution in [1.82, 2.24) is 19.7 Å². The molecule has 3 aromatic heterocycles. The normalized spacial score (nSPS) is 14.0. The van der Waals surface area contributed by atoms with Crippen LogP contribution in [0.3, 0.4) is 0 Å². The van der Waals surface area contributed by atoms with E-state index in [4.69, 9.17) is 9.26 Å². The van der Waals surface area contributed by atoms with Crippen molar-refractivity contribution in [3.05, 3.63) is 57.3 Å². The Hall–Kier alpha value is -3.00. The highest BCUT2D eigenvalue weighted by Gasteiger charge is 2.20. The number of aryl methyl sites for hydroxylation is 2. The lowest BCUT2D eigenvalue weighted by Gasteiger charge is -2.03. The van der Waals surface area contributed by atoms with Crippen molar-refractivity contribution in [1.29, 1.82) is 0 Å². The zero-order chi connectivity index (χ0) is 19.8. The second-order valence-corrected chi connectivity index (χ2v) is 8.25. The van der Waals surface area contributed by atoms with Gasteiger partial charge in [0.15, 0.2) is 0 Å². The molecule has 0 amide bonds. The molecule has 148 valence electrons. The van der Waals surface area contributed by atoms with Gasteiger partial charge in [0.05, 0.1) is 18.8 Å². The largest absolute Gasteiger partial charge is 0.497 e. The molecule has 0 saturated heterocycles. The van der Waals surface area contributed by atoms with Gasteiger partial charge >= 0.3 is 0 Å². The van der Waals surface area contributed by atoms with E-state index in [1.54, 1.807) is 29.3 Å². The number of nitrogens with zero attached hydrogens (tertiary/aromatic N) is 4. The Bertz CT molecular complexity index is 1220. The number of hydrogen-bond donors (Lipinski definition) is 0. The summed E-state index contributed by atoms with van der Waals surface area (Å²) in [6, 6.07) is 7.42. The summed E-state index contributed by atoms with van der Waals surface area (Å²) < 4.78 is 12.1. The number of fused-ring (bicyclic) bond motifs is 3. The molecule has 0 unspecified atom stereocenters. The fourth-order valence-corrected chi connectivity index (χ4v) is 5.01. The highest BCUT2D eigenvalue weighted by Crippen LogP contribution is 2.32. The zero-order valence-electron chi connectivity index (χ0n) is 16.1. The molecule has 7 nitrogen and oxygen atoms in total. The topological polar surface area (TPSA) is 83.0 Å². The molecule has 0 bridgehead atoms. The van der Waals surface area contributed by atoms with Gasteiger partial charge in [0, 0.05) is 10.4 Å². The number of thiophene rings is 1. The van der Waals surface area contributed by atoms with E-state index in [2.05, 4.69) is 15.1 Å². The number of rotatable bonds is 4. The Morgan fingerprint density at radius 2 is 2.00 bits per heavy atom. The van der Waals surface area contributed by atoms with Crippen LogP contribution in [0.5, 0.6) is 5.75 Å². The van der Waals surface area contributed by atoms with Crippen molar-refractivity contribution in [2.45, 2.75) is 38.6 Å². The minimum absolute atomic E-state index is 0.0291. The number of ether oxygens (including phenoxy) is 1. The maximum absolute atomic E-state index is 13.2. The van der Waals surface area contributed by atoms with E-state index in [1.165, 1.54) is 23.3 Å². The fraction of sp³-hybridized carbons (Fsp3) is 0.333. The van der Waals surface area contributed by atoms with E-state index in [0.29, 0.717) is 11.7 Å². The first kappa shape index (κ1) is 18.1. The van der Waals surface area contributed by atoms with Gasteiger partial charge in [0.2, 0.25) is 11.7 Å². The van der Waals surface area contributed by atoms with Gasteiger partial charge in [-0.15, -0.1) is 11.3 Å². The predicted molar refractivity (Wildman–Crippen MR) is 111 cm³/mol. The van der Waals surface area contributed by atoms with Crippen molar-refractivity contribution < 1.29 is 9.26 Å². The van der Waals surface area contributed by atoms with E-state index in [0.717, 1.165) is 40.8 Å². The number of aromatic nitrogens is 4. The lowest BCUT2D eigenvalue weighted by Crippen LogP contribution is -2.21. The molecule has 0 atom stereocenters. The standard InChI is InChI=1S/C21H20N4O3S/c1-27-14-9-7-13(8-10-14)19-23-17(28-24-19)11-25-12-22-20-18(21(25)26)15-5-3-2-4-6-16(15)29-20/h7-10,12H,2-6,11H2,1H3. The Morgan fingerprint density at radius 1 is 1.17 bits per heavy atom. The third kappa shape index (κ3) is 3.33. The molecule has 8 heteroatoms. The molecule has 0 N–H and O–H groups in total. The van der Waals surface area contributed by atoms with Gasteiger partial charge in [-0.1, -0.05) is 11.6 Å². The Morgan fingerprint density at radius 3 is 2.83 bits per heavy atom. The van der Waals surface area contributed by atoms with E-state index < -0.39 is 0 Å². The van der Waals surface area contributed by atoms with Crippen LogP contribution in [0.1, 0.15) is 35.6 Å². The van der Waals surface area contributed by atoms with Crippen LogP contribution in [-0.4, -0.2) is 26.8 Å². The van der Waals surface area contributed by atoms with Crippen LogP contribution in [-0.2, 0) is 19.4 Å². The summed E-state index contributed by atoms with van der Waals surface area (Å²) in [6.07, 6.45) is 7.11. The first-order valence-corrected chi connectivity index (χ1v) is 10.5. The van der Waals surface area contributed by atoms with Gasteiger partial charge in [-0.3, -0.25) is 9.36 Å². The summed E-state index contributed by atoms with van der Waals surface area (Å²) in [6.45, 7) is 0.204. The lowest BCUT2D eigenvalue weighted by atomic mass is 10.1. The second-order valence-electron chi connectivity index (χ2n) is 7.16.